The number of amides is 1. The molecule has 0 saturated heterocycles. The highest BCUT2D eigenvalue weighted by Crippen LogP contribution is 2.34. The monoisotopic (exact) mass is 354 g/mol. The Balaban J connectivity index is 1.39. The summed E-state index contributed by atoms with van der Waals surface area (Å²) in [6, 6.07) is 10.3. The Labute approximate surface area is 152 Å². The van der Waals surface area contributed by atoms with E-state index in [9.17, 15) is 4.79 Å². The Bertz CT molecular complexity index is 767. The number of carbonyl (C=O) groups is 1. The van der Waals surface area contributed by atoms with Gasteiger partial charge < -0.3 is 4.90 Å². The van der Waals surface area contributed by atoms with Gasteiger partial charge in [0.05, 0.1) is 11.4 Å². The van der Waals surface area contributed by atoms with Crippen molar-refractivity contribution in [1.82, 2.24) is 19.7 Å². The Kier molecular flexibility index (Phi) is 4.88. The first-order valence-electron chi connectivity index (χ1n) is 8.92. The topological polar surface area (TPSA) is 51.0 Å². The highest BCUT2D eigenvalue weighted by atomic mass is 32.2. The van der Waals surface area contributed by atoms with Gasteiger partial charge in [0.2, 0.25) is 11.1 Å². The molecule has 0 atom stereocenters. The van der Waals surface area contributed by atoms with Gasteiger partial charge in [-0.05, 0) is 50.7 Å². The normalized spacial score (nSPS) is 17.2. The summed E-state index contributed by atoms with van der Waals surface area (Å²) in [5.74, 6) is 0.587. The molecule has 5 nitrogen and oxygen atoms in total. The smallest absolute Gasteiger partial charge is 0.237 e. The first-order chi connectivity index (χ1) is 12.3. The van der Waals surface area contributed by atoms with Gasteiger partial charge in [0.1, 0.15) is 6.33 Å². The molecule has 0 unspecified atom stereocenters. The van der Waals surface area contributed by atoms with Crippen LogP contribution in [-0.2, 0) is 4.79 Å². The minimum atomic E-state index is 0.191. The number of hydrogen-bond acceptors (Lipinski definition) is 4. The van der Waals surface area contributed by atoms with Crippen molar-refractivity contribution in [3.8, 4) is 5.69 Å². The lowest BCUT2D eigenvalue weighted by atomic mass is 10.0. The van der Waals surface area contributed by atoms with E-state index in [0.717, 1.165) is 31.4 Å². The Morgan fingerprint density at radius 3 is 2.80 bits per heavy atom. The summed E-state index contributed by atoms with van der Waals surface area (Å²) >= 11 is 1.42. The highest BCUT2D eigenvalue weighted by Gasteiger charge is 2.34. The molecule has 1 aromatic heterocycles. The van der Waals surface area contributed by atoms with Crippen LogP contribution in [0, 0.1) is 0 Å². The van der Waals surface area contributed by atoms with E-state index in [4.69, 9.17) is 0 Å². The molecule has 1 fully saturated rings. The minimum absolute atomic E-state index is 0.191. The number of nitrogens with zero attached hydrogens (tertiary/aromatic N) is 4. The van der Waals surface area contributed by atoms with E-state index in [-0.39, 0.29) is 5.91 Å². The number of rotatable bonds is 6. The van der Waals surface area contributed by atoms with Crippen LogP contribution in [0.4, 0.5) is 0 Å². The van der Waals surface area contributed by atoms with Crippen LogP contribution in [0.25, 0.3) is 5.69 Å². The third kappa shape index (κ3) is 3.95. The van der Waals surface area contributed by atoms with E-state index in [1.54, 1.807) is 11.0 Å². The number of benzene rings is 1. The SMILES string of the molecule is O=C(CSc1ncn(-c2ccccc2)n1)N(C1=CCCCC1)C1CC1. The summed E-state index contributed by atoms with van der Waals surface area (Å²) in [5.41, 5.74) is 2.21. The molecule has 0 aliphatic heterocycles. The summed E-state index contributed by atoms with van der Waals surface area (Å²) < 4.78 is 1.75. The van der Waals surface area contributed by atoms with Gasteiger partial charge in [-0.2, -0.15) is 0 Å². The lowest BCUT2D eigenvalue weighted by Gasteiger charge is -2.27. The van der Waals surface area contributed by atoms with E-state index in [1.165, 1.54) is 30.3 Å². The molecule has 1 heterocycles. The van der Waals surface area contributed by atoms with E-state index >= 15 is 0 Å². The second-order valence-electron chi connectivity index (χ2n) is 6.53. The molecule has 25 heavy (non-hydrogen) atoms. The number of allylic oxidation sites excluding steroid dienone is 2. The van der Waals surface area contributed by atoms with Gasteiger partial charge in [-0.25, -0.2) is 9.67 Å². The third-order valence-corrected chi connectivity index (χ3v) is 5.41. The average Bonchev–Trinajstić information content (AvgIpc) is 3.37. The molecule has 6 heteroatoms. The van der Waals surface area contributed by atoms with Gasteiger partial charge in [-0.3, -0.25) is 4.79 Å². The fourth-order valence-corrected chi connectivity index (χ4v) is 3.85. The second-order valence-corrected chi connectivity index (χ2v) is 7.47. The molecule has 4 rings (SSSR count). The van der Waals surface area contributed by atoms with E-state index in [0.29, 0.717) is 17.0 Å². The molecule has 2 aromatic rings. The maximum atomic E-state index is 12.8. The van der Waals surface area contributed by atoms with Crippen molar-refractivity contribution in [3.63, 3.8) is 0 Å². The van der Waals surface area contributed by atoms with Gasteiger partial charge in [0, 0.05) is 11.7 Å². The fraction of sp³-hybridized carbons (Fsp3) is 0.421. The molecular weight excluding hydrogens is 332 g/mol. The van der Waals surface area contributed by atoms with Crippen molar-refractivity contribution in [1.29, 1.82) is 0 Å². The Hall–Kier alpha value is -2.08. The van der Waals surface area contributed by atoms with Crippen LogP contribution in [0.15, 0.2) is 53.6 Å². The maximum absolute atomic E-state index is 12.8. The van der Waals surface area contributed by atoms with Gasteiger partial charge in [0.15, 0.2) is 0 Å². The van der Waals surface area contributed by atoms with Crippen LogP contribution in [0.1, 0.15) is 38.5 Å². The minimum Gasteiger partial charge on any atom is -0.313 e. The Morgan fingerprint density at radius 1 is 1.24 bits per heavy atom. The first kappa shape index (κ1) is 16.4. The van der Waals surface area contributed by atoms with E-state index in [1.807, 2.05) is 30.3 Å². The molecule has 0 bridgehead atoms. The zero-order chi connectivity index (χ0) is 17.1. The van der Waals surface area contributed by atoms with E-state index in [2.05, 4.69) is 21.1 Å². The first-order valence-corrected chi connectivity index (χ1v) is 9.91. The van der Waals surface area contributed by atoms with Crippen molar-refractivity contribution in [2.75, 3.05) is 5.75 Å². The number of para-hydroxylation sites is 1. The predicted octanol–water partition coefficient (Wildman–Crippen LogP) is 3.81. The van der Waals surface area contributed by atoms with Crippen molar-refractivity contribution in [2.45, 2.75) is 49.7 Å². The summed E-state index contributed by atoms with van der Waals surface area (Å²) in [4.78, 5) is 19.2. The Morgan fingerprint density at radius 2 is 2.08 bits per heavy atom. The number of aromatic nitrogens is 3. The quantitative estimate of drug-likeness (QED) is 0.740. The molecule has 0 radical (unpaired) electrons. The summed E-state index contributed by atoms with van der Waals surface area (Å²) in [7, 11) is 0. The molecular formula is C19H22N4OS. The van der Waals surface area contributed by atoms with Gasteiger partial charge >= 0.3 is 0 Å². The van der Waals surface area contributed by atoms with Crippen LogP contribution in [0.3, 0.4) is 0 Å². The van der Waals surface area contributed by atoms with Crippen LogP contribution >= 0.6 is 11.8 Å². The zero-order valence-electron chi connectivity index (χ0n) is 14.2. The number of thioether (sulfide) groups is 1. The molecule has 2 aliphatic rings. The number of carbonyl (C=O) groups excluding carboxylic acids is 1. The molecule has 1 aromatic carbocycles. The zero-order valence-corrected chi connectivity index (χ0v) is 15.0. The highest BCUT2D eigenvalue weighted by molar-refractivity contribution is 7.99. The molecule has 130 valence electrons. The molecule has 2 aliphatic carbocycles. The third-order valence-electron chi connectivity index (χ3n) is 4.57. The van der Waals surface area contributed by atoms with Crippen LogP contribution in [0.2, 0.25) is 0 Å². The van der Waals surface area contributed by atoms with E-state index < -0.39 is 0 Å². The largest absolute Gasteiger partial charge is 0.313 e. The van der Waals surface area contributed by atoms with Crippen LogP contribution in [-0.4, -0.2) is 37.4 Å². The van der Waals surface area contributed by atoms with Crippen molar-refractivity contribution in [2.24, 2.45) is 0 Å². The fourth-order valence-electron chi connectivity index (χ4n) is 3.19. The van der Waals surface area contributed by atoms with Gasteiger partial charge in [0.25, 0.3) is 0 Å². The van der Waals surface area contributed by atoms with Gasteiger partial charge in [-0.1, -0.05) is 36.0 Å². The van der Waals surface area contributed by atoms with Crippen molar-refractivity contribution >= 4 is 17.7 Å². The second kappa shape index (κ2) is 7.44. The lowest BCUT2D eigenvalue weighted by molar-refractivity contribution is -0.127. The predicted molar refractivity (Wildman–Crippen MR) is 98.5 cm³/mol. The van der Waals surface area contributed by atoms with Crippen molar-refractivity contribution in [3.05, 3.63) is 48.4 Å². The summed E-state index contributed by atoms with van der Waals surface area (Å²) in [6.45, 7) is 0. The molecule has 1 saturated carbocycles. The average molecular weight is 354 g/mol. The van der Waals surface area contributed by atoms with Crippen LogP contribution in [0.5, 0.6) is 0 Å². The van der Waals surface area contributed by atoms with Crippen molar-refractivity contribution < 1.29 is 4.79 Å². The standard InChI is InChI=1S/C19H22N4OS/c24-18(23(17-11-12-17)16-9-5-2-6-10-16)13-25-19-20-14-22(21-19)15-7-3-1-4-8-15/h1,3-4,7-9,14,17H,2,5-6,10-13H2. The number of hydrogen-bond donors (Lipinski definition) is 0. The lowest BCUT2D eigenvalue weighted by Crippen LogP contribution is -2.34. The summed E-state index contributed by atoms with van der Waals surface area (Å²) in [6.07, 6.45) is 10.8. The molecule has 0 N–H and O–H groups in total. The van der Waals surface area contributed by atoms with Crippen LogP contribution < -0.4 is 0 Å². The molecule has 0 spiro atoms. The van der Waals surface area contributed by atoms with Gasteiger partial charge in [-0.15, -0.1) is 5.10 Å². The maximum Gasteiger partial charge on any atom is 0.237 e. The molecule has 1 amide bonds. The summed E-state index contributed by atoms with van der Waals surface area (Å²) in [5, 5.41) is 5.11.